The molecule has 2 rings (SSSR count). The van der Waals surface area contributed by atoms with Gasteiger partial charge in [0.2, 0.25) is 0 Å². The summed E-state index contributed by atoms with van der Waals surface area (Å²) in [4.78, 5) is 16.7. The second-order valence-corrected chi connectivity index (χ2v) is 5.17. The van der Waals surface area contributed by atoms with Gasteiger partial charge in [-0.25, -0.2) is 0 Å². The van der Waals surface area contributed by atoms with Crippen LogP contribution in [0.15, 0.2) is 24.3 Å². The maximum atomic E-state index is 12.1. The molecule has 5 nitrogen and oxygen atoms in total. The van der Waals surface area contributed by atoms with Crippen LogP contribution in [-0.2, 0) is 0 Å². The fraction of sp³-hybridized carbons (Fsp3) is 0.533. The van der Waals surface area contributed by atoms with Gasteiger partial charge in [-0.3, -0.25) is 9.69 Å². The van der Waals surface area contributed by atoms with E-state index in [0.717, 1.165) is 39.3 Å². The van der Waals surface area contributed by atoms with E-state index in [4.69, 9.17) is 10.8 Å². The molecular weight excluding hydrogens is 254 g/mol. The summed E-state index contributed by atoms with van der Waals surface area (Å²) in [6.45, 7) is 5.57. The van der Waals surface area contributed by atoms with E-state index in [1.165, 1.54) is 0 Å². The predicted molar refractivity (Wildman–Crippen MR) is 79.8 cm³/mol. The molecule has 1 fully saturated rings. The summed E-state index contributed by atoms with van der Waals surface area (Å²) in [5.74, 6) is 0.112. The summed E-state index contributed by atoms with van der Waals surface area (Å²) in [5.41, 5.74) is 7.01. The zero-order chi connectivity index (χ0) is 14.4. The summed E-state index contributed by atoms with van der Waals surface area (Å²) >= 11 is 0. The van der Waals surface area contributed by atoms with Crippen molar-refractivity contribution in [1.82, 2.24) is 9.80 Å². The minimum atomic E-state index is 0.112. The van der Waals surface area contributed by atoms with Gasteiger partial charge in [0.1, 0.15) is 0 Å². The topological polar surface area (TPSA) is 69.8 Å². The number of nitrogen functional groups attached to an aromatic ring is 1. The number of aliphatic hydroxyl groups is 1. The molecule has 0 bridgehead atoms. The predicted octanol–water partition coefficient (Wildman–Crippen LogP) is 0.451. The Morgan fingerprint density at radius 3 is 2.30 bits per heavy atom. The fourth-order valence-electron chi connectivity index (χ4n) is 2.52. The number of rotatable bonds is 6. The highest BCUT2D eigenvalue weighted by molar-refractivity contribution is 6.00. The Kier molecular flexibility index (Phi) is 5.52. The van der Waals surface area contributed by atoms with Crippen LogP contribution < -0.4 is 5.73 Å². The van der Waals surface area contributed by atoms with Crippen LogP contribution in [0.5, 0.6) is 0 Å². The highest BCUT2D eigenvalue weighted by Crippen LogP contribution is 2.13. The Labute approximate surface area is 120 Å². The maximum absolute atomic E-state index is 12.1. The summed E-state index contributed by atoms with van der Waals surface area (Å²) < 4.78 is 0. The van der Waals surface area contributed by atoms with E-state index < -0.39 is 0 Å². The van der Waals surface area contributed by atoms with Gasteiger partial charge in [-0.2, -0.15) is 0 Å². The van der Waals surface area contributed by atoms with Crippen LogP contribution >= 0.6 is 0 Å². The lowest BCUT2D eigenvalue weighted by molar-refractivity contribution is 0.0907. The molecule has 3 N–H and O–H groups in total. The molecule has 1 saturated heterocycles. The molecule has 1 heterocycles. The molecule has 1 aromatic rings. The van der Waals surface area contributed by atoms with E-state index in [9.17, 15) is 4.79 Å². The van der Waals surface area contributed by atoms with Crippen molar-refractivity contribution in [2.45, 2.75) is 6.42 Å². The quantitative estimate of drug-likeness (QED) is 0.584. The Morgan fingerprint density at radius 2 is 1.70 bits per heavy atom. The minimum absolute atomic E-state index is 0.112. The van der Waals surface area contributed by atoms with Gasteiger partial charge >= 0.3 is 0 Å². The molecule has 0 unspecified atom stereocenters. The number of carbonyl (C=O) groups is 1. The average Bonchev–Trinajstić information content (AvgIpc) is 2.47. The Morgan fingerprint density at radius 1 is 1.10 bits per heavy atom. The third-order valence-electron chi connectivity index (χ3n) is 3.80. The number of ketones is 1. The molecule has 0 aromatic heterocycles. The van der Waals surface area contributed by atoms with Gasteiger partial charge in [-0.15, -0.1) is 0 Å². The van der Waals surface area contributed by atoms with E-state index in [1.807, 2.05) is 12.1 Å². The summed E-state index contributed by atoms with van der Waals surface area (Å²) in [7, 11) is 0. The second-order valence-electron chi connectivity index (χ2n) is 5.17. The van der Waals surface area contributed by atoms with E-state index in [-0.39, 0.29) is 12.4 Å². The molecule has 110 valence electrons. The number of β-amino-alcohol motifs (C(OH)–C–C–N with tert-alkyl or cyclic N) is 1. The van der Waals surface area contributed by atoms with E-state index in [2.05, 4.69) is 9.80 Å². The monoisotopic (exact) mass is 277 g/mol. The number of nitrogens with two attached hydrogens (primary N) is 1. The normalized spacial score (nSPS) is 17.2. The highest BCUT2D eigenvalue weighted by atomic mass is 16.3. The lowest BCUT2D eigenvalue weighted by Crippen LogP contribution is -2.47. The first-order valence-corrected chi connectivity index (χ1v) is 7.14. The fourth-order valence-corrected chi connectivity index (χ4v) is 2.52. The van der Waals surface area contributed by atoms with Crippen LogP contribution in [0.1, 0.15) is 16.8 Å². The van der Waals surface area contributed by atoms with Crippen LogP contribution in [-0.4, -0.2) is 66.6 Å². The zero-order valence-electron chi connectivity index (χ0n) is 11.8. The van der Waals surface area contributed by atoms with Crippen LogP contribution in [0.2, 0.25) is 0 Å². The standard InChI is InChI=1S/C15H23N3O2/c16-14-4-2-1-3-13(14)15(20)5-6-17-7-9-18(10-8-17)11-12-19/h1-4,19H,5-12,16H2. The third-order valence-corrected chi connectivity index (χ3v) is 3.80. The molecule has 0 aliphatic carbocycles. The Hall–Kier alpha value is -1.43. The number of carbonyl (C=O) groups excluding carboxylic acids is 1. The number of para-hydroxylation sites is 1. The first kappa shape index (κ1) is 15.0. The van der Waals surface area contributed by atoms with E-state index >= 15 is 0 Å². The largest absolute Gasteiger partial charge is 0.398 e. The molecule has 20 heavy (non-hydrogen) atoms. The summed E-state index contributed by atoms with van der Waals surface area (Å²) in [5, 5.41) is 8.90. The van der Waals surface area contributed by atoms with Crippen LogP contribution in [0, 0.1) is 0 Å². The van der Waals surface area contributed by atoms with Gasteiger partial charge in [0.05, 0.1) is 6.61 Å². The smallest absolute Gasteiger partial charge is 0.166 e. The molecule has 0 spiro atoms. The van der Waals surface area contributed by atoms with Crippen molar-refractivity contribution in [3.05, 3.63) is 29.8 Å². The van der Waals surface area contributed by atoms with Crippen molar-refractivity contribution >= 4 is 11.5 Å². The average molecular weight is 277 g/mol. The molecule has 1 aromatic carbocycles. The van der Waals surface area contributed by atoms with Gasteiger partial charge in [-0.05, 0) is 12.1 Å². The summed E-state index contributed by atoms with van der Waals surface area (Å²) in [6.07, 6.45) is 0.508. The van der Waals surface area contributed by atoms with Crippen LogP contribution in [0.25, 0.3) is 0 Å². The molecule has 0 amide bonds. The lowest BCUT2D eigenvalue weighted by atomic mass is 10.1. The number of Topliss-reactive ketones (excluding diaryl/α,β-unsaturated/α-hetero) is 1. The van der Waals surface area contributed by atoms with Crippen molar-refractivity contribution in [3.8, 4) is 0 Å². The first-order valence-electron chi connectivity index (χ1n) is 7.14. The number of hydrogen-bond donors (Lipinski definition) is 2. The number of benzene rings is 1. The van der Waals surface area contributed by atoms with Gasteiger partial charge < -0.3 is 15.7 Å². The molecule has 5 heteroatoms. The van der Waals surface area contributed by atoms with Crippen molar-refractivity contribution in [1.29, 1.82) is 0 Å². The van der Waals surface area contributed by atoms with Gasteiger partial charge in [0, 0.05) is 56.9 Å². The van der Waals surface area contributed by atoms with Gasteiger partial charge in [0.25, 0.3) is 0 Å². The molecule has 0 radical (unpaired) electrons. The molecule has 0 saturated carbocycles. The molecule has 1 aliphatic rings. The van der Waals surface area contributed by atoms with Crippen molar-refractivity contribution in [2.75, 3.05) is 51.6 Å². The van der Waals surface area contributed by atoms with E-state index in [0.29, 0.717) is 17.7 Å². The number of nitrogens with zero attached hydrogens (tertiary/aromatic N) is 2. The van der Waals surface area contributed by atoms with Crippen molar-refractivity contribution < 1.29 is 9.90 Å². The number of anilines is 1. The van der Waals surface area contributed by atoms with Gasteiger partial charge in [-0.1, -0.05) is 12.1 Å². The first-order chi connectivity index (χ1) is 9.70. The molecular formula is C15H23N3O2. The second kappa shape index (κ2) is 7.38. The Balaban J connectivity index is 1.76. The van der Waals surface area contributed by atoms with Crippen molar-refractivity contribution in [3.63, 3.8) is 0 Å². The van der Waals surface area contributed by atoms with E-state index in [1.54, 1.807) is 12.1 Å². The maximum Gasteiger partial charge on any atom is 0.166 e. The molecule has 1 aliphatic heterocycles. The van der Waals surface area contributed by atoms with Crippen LogP contribution in [0.4, 0.5) is 5.69 Å². The number of piperazine rings is 1. The SMILES string of the molecule is Nc1ccccc1C(=O)CCN1CCN(CCO)CC1. The Bertz CT molecular complexity index is 442. The van der Waals surface area contributed by atoms with Crippen molar-refractivity contribution in [2.24, 2.45) is 0 Å². The highest BCUT2D eigenvalue weighted by Gasteiger charge is 2.17. The lowest BCUT2D eigenvalue weighted by Gasteiger charge is -2.34. The van der Waals surface area contributed by atoms with Crippen LogP contribution in [0.3, 0.4) is 0 Å². The molecule has 0 atom stereocenters. The summed E-state index contributed by atoms with van der Waals surface area (Å²) in [6, 6.07) is 7.24. The minimum Gasteiger partial charge on any atom is -0.398 e. The number of aliphatic hydroxyl groups excluding tert-OH is 1. The number of hydrogen-bond acceptors (Lipinski definition) is 5. The third kappa shape index (κ3) is 4.03. The zero-order valence-corrected chi connectivity index (χ0v) is 11.8. The van der Waals surface area contributed by atoms with Gasteiger partial charge in [0.15, 0.2) is 5.78 Å².